The Morgan fingerprint density at radius 2 is 1.95 bits per heavy atom. The SMILES string of the molecule is CN1c2ccccc2C(=O)C(=CNc2cccnc2)S1(=O)=O. The van der Waals surface area contributed by atoms with E-state index < -0.39 is 15.8 Å². The maximum absolute atomic E-state index is 12.5. The number of pyridine rings is 1. The monoisotopic (exact) mass is 315 g/mol. The predicted octanol–water partition coefficient (Wildman–Crippen LogP) is 2.00. The van der Waals surface area contributed by atoms with Crippen LogP contribution in [0.3, 0.4) is 0 Å². The zero-order valence-electron chi connectivity index (χ0n) is 11.7. The summed E-state index contributed by atoms with van der Waals surface area (Å²) in [5.41, 5.74) is 1.34. The summed E-state index contributed by atoms with van der Waals surface area (Å²) >= 11 is 0. The second-order valence-corrected chi connectivity index (χ2v) is 6.65. The average Bonchev–Trinajstić information content (AvgIpc) is 2.54. The van der Waals surface area contributed by atoms with E-state index in [0.717, 1.165) is 4.31 Å². The second kappa shape index (κ2) is 5.27. The van der Waals surface area contributed by atoms with Crippen molar-refractivity contribution in [2.24, 2.45) is 0 Å². The molecule has 0 saturated carbocycles. The summed E-state index contributed by atoms with van der Waals surface area (Å²) in [7, 11) is -2.44. The van der Waals surface area contributed by atoms with Gasteiger partial charge in [-0.25, -0.2) is 8.42 Å². The summed E-state index contributed by atoms with van der Waals surface area (Å²) in [5.74, 6) is -0.523. The molecule has 2 heterocycles. The molecule has 6 nitrogen and oxygen atoms in total. The zero-order chi connectivity index (χ0) is 15.7. The topological polar surface area (TPSA) is 79.4 Å². The minimum Gasteiger partial charge on any atom is -0.359 e. The molecule has 0 saturated heterocycles. The predicted molar refractivity (Wildman–Crippen MR) is 84.0 cm³/mol. The van der Waals surface area contributed by atoms with Crippen molar-refractivity contribution in [1.29, 1.82) is 0 Å². The third kappa shape index (κ3) is 2.25. The van der Waals surface area contributed by atoms with Crippen molar-refractivity contribution in [2.75, 3.05) is 16.7 Å². The summed E-state index contributed by atoms with van der Waals surface area (Å²) in [6.45, 7) is 0. The Bertz CT molecular complexity index is 861. The number of Topliss-reactive ketones (excluding diaryl/α,β-unsaturated/α-hetero) is 1. The molecule has 0 unspecified atom stereocenters. The van der Waals surface area contributed by atoms with Crippen LogP contribution in [0.2, 0.25) is 0 Å². The van der Waals surface area contributed by atoms with E-state index in [9.17, 15) is 13.2 Å². The summed E-state index contributed by atoms with van der Waals surface area (Å²) in [4.78, 5) is 16.1. The molecule has 1 aliphatic rings. The fourth-order valence-corrected chi connectivity index (χ4v) is 3.47. The number of aromatic nitrogens is 1. The number of allylic oxidation sites excluding steroid dienone is 1. The summed E-state index contributed by atoms with van der Waals surface area (Å²) in [6.07, 6.45) is 4.35. The number of nitrogens with one attached hydrogen (secondary N) is 1. The third-order valence-electron chi connectivity index (χ3n) is 3.38. The summed E-state index contributed by atoms with van der Waals surface area (Å²) in [5, 5.41) is 2.80. The molecule has 1 aromatic heterocycles. The maximum Gasteiger partial charge on any atom is 0.269 e. The van der Waals surface area contributed by atoms with E-state index in [1.165, 1.54) is 19.4 Å². The highest BCUT2D eigenvalue weighted by Gasteiger charge is 2.37. The van der Waals surface area contributed by atoms with E-state index in [1.54, 1.807) is 42.6 Å². The van der Waals surface area contributed by atoms with Crippen LogP contribution in [0.1, 0.15) is 10.4 Å². The molecular formula is C15H13N3O3S. The van der Waals surface area contributed by atoms with E-state index in [4.69, 9.17) is 0 Å². The lowest BCUT2D eigenvalue weighted by atomic mass is 10.1. The normalized spacial score (nSPS) is 18.1. The number of carbonyl (C=O) groups excluding carboxylic acids is 1. The van der Waals surface area contributed by atoms with Crippen molar-refractivity contribution >= 4 is 27.2 Å². The highest BCUT2D eigenvalue weighted by atomic mass is 32.2. The van der Waals surface area contributed by atoms with Crippen molar-refractivity contribution in [1.82, 2.24) is 4.98 Å². The fourth-order valence-electron chi connectivity index (χ4n) is 2.20. The number of benzene rings is 1. The van der Waals surface area contributed by atoms with Gasteiger partial charge < -0.3 is 5.32 Å². The Morgan fingerprint density at radius 1 is 1.18 bits per heavy atom. The molecule has 2 aromatic rings. The van der Waals surface area contributed by atoms with E-state index >= 15 is 0 Å². The lowest BCUT2D eigenvalue weighted by molar-refractivity contribution is 0.104. The molecule has 0 aliphatic carbocycles. The first-order valence-electron chi connectivity index (χ1n) is 6.51. The number of rotatable bonds is 2. The largest absolute Gasteiger partial charge is 0.359 e. The molecule has 0 radical (unpaired) electrons. The van der Waals surface area contributed by atoms with E-state index in [1.807, 2.05) is 0 Å². The Hall–Kier alpha value is -2.67. The van der Waals surface area contributed by atoms with Gasteiger partial charge in [-0.1, -0.05) is 12.1 Å². The number of carbonyl (C=O) groups is 1. The summed E-state index contributed by atoms with van der Waals surface area (Å²) in [6, 6.07) is 10.0. The van der Waals surface area contributed by atoms with Crippen LogP contribution in [-0.4, -0.2) is 26.2 Å². The van der Waals surface area contributed by atoms with Crippen LogP contribution in [-0.2, 0) is 10.0 Å². The summed E-state index contributed by atoms with van der Waals surface area (Å²) < 4.78 is 26.1. The Morgan fingerprint density at radius 3 is 2.68 bits per heavy atom. The maximum atomic E-state index is 12.5. The van der Waals surface area contributed by atoms with E-state index in [2.05, 4.69) is 10.3 Å². The minimum absolute atomic E-state index is 0.294. The molecule has 0 atom stereocenters. The van der Waals surface area contributed by atoms with Crippen LogP contribution in [0.5, 0.6) is 0 Å². The molecule has 22 heavy (non-hydrogen) atoms. The Balaban J connectivity index is 2.06. The first-order valence-corrected chi connectivity index (χ1v) is 7.95. The van der Waals surface area contributed by atoms with Gasteiger partial charge in [-0.15, -0.1) is 0 Å². The average molecular weight is 315 g/mol. The van der Waals surface area contributed by atoms with Gasteiger partial charge in [0.25, 0.3) is 10.0 Å². The number of anilines is 2. The first kappa shape index (κ1) is 14.3. The van der Waals surface area contributed by atoms with Crippen LogP contribution in [0.4, 0.5) is 11.4 Å². The zero-order valence-corrected chi connectivity index (χ0v) is 12.5. The van der Waals surface area contributed by atoms with Gasteiger partial charge in [0.2, 0.25) is 5.78 Å². The molecule has 0 fully saturated rings. The third-order valence-corrected chi connectivity index (χ3v) is 5.16. The van der Waals surface area contributed by atoms with Gasteiger partial charge in [0.15, 0.2) is 4.91 Å². The number of nitrogens with zero attached hydrogens (tertiary/aromatic N) is 2. The fraction of sp³-hybridized carbons (Fsp3) is 0.0667. The van der Waals surface area contributed by atoms with Crippen LogP contribution >= 0.6 is 0 Å². The van der Waals surface area contributed by atoms with Gasteiger partial charge in [0.05, 0.1) is 17.6 Å². The number of sulfonamides is 1. The molecule has 0 bridgehead atoms. The number of hydrogen-bond donors (Lipinski definition) is 1. The van der Waals surface area contributed by atoms with Crippen molar-refractivity contribution < 1.29 is 13.2 Å². The quantitative estimate of drug-likeness (QED) is 0.857. The smallest absolute Gasteiger partial charge is 0.269 e. The molecule has 0 amide bonds. The van der Waals surface area contributed by atoms with Gasteiger partial charge in [-0.2, -0.15) is 0 Å². The number of hydrogen-bond acceptors (Lipinski definition) is 5. The van der Waals surface area contributed by atoms with Gasteiger partial charge in [0, 0.05) is 25.0 Å². The first-order chi connectivity index (χ1) is 10.5. The van der Waals surface area contributed by atoms with E-state index in [0.29, 0.717) is 16.9 Å². The molecule has 7 heteroatoms. The number of para-hydroxylation sites is 1. The molecule has 3 rings (SSSR count). The molecule has 1 aliphatic heterocycles. The van der Waals surface area contributed by atoms with Crippen molar-refractivity contribution in [3.63, 3.8) is 0 Å². The lowest BCUT2D eigenvalue weighted by Crippen LogP contribution is -2.36. The second-order valence-electron chi connectivity index (χ2n) is 4.71. The number of ketones is 1. The molecular weight excluding hydrogens is 302 g/mol. The van der Waals surface area contributed by atoms with Gasteiger partial charge >= 0.3 is 0 Å². The van der Waals surface area contributed by atoms with Gasteiger partial charge in [-0.3, -0.25) is 14.1 Å². The van der Waals surface area contributed by atoms with Crippen LogP contribution in [0.25, 0.3) is 0 Å². The molecule has 1 N–H and O–H groups in total. The van der Waals surface area contributed by atoms with Crippen LogP contribution in [0, 0.1) is 0 Å². The molecule has 1 aromatic carbocycles. The van der Waals surface area contributed by atoms with Crippen LogP contribution in [0.15, 0.2) is 59.9 Å². The highest BCUT2D eigenvalue weighted by molar-refractivity contribution is 7.97. The van der Waals surface area contributed by atoms with Crippen molar-refractivity contribution in [2.45, 2.75) is 0 Å². The standard InChI is InChI=1S/C15H13N3O3S/c1-18-13-7-3-2-6-12(13)15(19)14(22(18,20)21)10-17-11-5-4-8-16-9-11/h2-10,17H,1H3. The number of fused-ring (bicyclic) bond motifs is 1. The Kier molecular flexibility index (Phi) is 3.42. The van der Waals surface area contributed by atoms with Crippen molar-refractivity contribution in [3.05, 3.63) is 65.5 Å². The lowest BCUT2D eigenvalue weighted by Gasteiger charge is -2.27. The van der Waals surface area contributed by atoms with Gasteiger partial charge in [0.1, 0.15) is 0 Å². The van der Waals surface area contributed by atoms with Crippen LogP contribution < -0.4 is 9.62 Å². The van der Waals surface area contributed by atoms with E-state index in [-0.39, 0.29) is 4.91 Å². The van der Waals surface area contributed by atoms with Crippen molar-refractivity contribution in [3.8, 4) is 0 Å². The molecule has 112 valence electrons. The highest BCUT2D eigenvalue weighted by Crippen LogP contribution is 2.33. The van der Waals surface area contributed by atoms with Gasteiger partial charge in [-0.05, 0) is 24.3 Å². The molecule has 0 spiro atoms. The Labute approximate surface area is 128 Å². The minimum atomic E-state index is -3.87.